The van der Waals surface area contributed by atoms with Crippen LogP contribution in [0.5, 0.6) is 0 Å². The molecular formula is C12H20N2OS. The second-order valence-corrected chi connectivity index (χ2v) is 5.69. The van der Waals surface area contributed by atoms with Gasteiger partial charge in [-0.2, -0.15) is 0 Å². The third-order valence-electron chi connectivity index (χ3n) is 3.30. The summed E-state index contributed by atoms with van der Waals surface area (Å²) in [6, 6.07) is 0. The van der Waals surface area contributed by atoms with Gasteiger partial charge in [0.15, 0.2) is 0 Å². The van der Waals surface area contributed by atoms with Gasteiger partial charge in [-0.15, -0.1) is 11.3 Å². The van der Waals surface area contributed by atoms with Crippen molar-refractivity contribution in [1.82, 2.24) is 10.3 Å². The van der Waals surface area contributed by atoms with E-state index in [1.165, 1.54) is 34.8 Å². The number of ether oxygens (including phenoxy) is 1. The molecule has 1 atom stereocenters. The van der Waals surface area contributed by atoms with Crippen LogP contribution in [-0.2, 0) is 23.1 Å². The normalized spacial score (nSPS) is 19.2. The van der Waals surface area contributed by atoms with Crippen molar-refractivity contribution in [1.29, 1.82) is 0 Å². The molecule has 4 heteroatoms. The highest BCUT2D eigenvalue weighted by molar-refractivity contribution is 7.11. The molecule has 16 heavy (non-hydrogen) atoms. The predicted octanol–water partition coefficient (Wildman–Crippen LogP) is 2.10. The molecule has 3 nitrogen and oxygen atoms in total. The molecule has 0 saturated heterocycles. The van der Waals surface area contributed by atoms with Crippen LogP contribution < -0.4 is 5.32 Å². The van der Waals surface area contributed by atoms with Gasteiger partial charge in [-0.05, 0) is 39.7 Å². The number of fused-ring (bicyclic) bond motifs is 1. The second kappa shape index (κ2) is 4.82. The lowest BCUT2D eigenvalue weighted by Crippen LogP contribution is -2.41. The fraction of sp³-hybridized carbons (Fsp3) is 0.750. The Morgan fingerprint density at radius 3 is 2.81 bits per heavy atom. The lowest BCUT2D eigenvalue weighted by atomic mass is 10.0. The lowest BCUT2D eigenvalue weighted by Gasteiger charge is -2.25. The van der Waals surface area contributed by atoms with Crippen LogP contribution in [0.3, 0.4) is 0 Å². The average molecular weight is 240 g/mol. The molecule has 0 aliphatic heterocycles. The first-order valence-electron chi connectivity index (χ1n) is 5.86. The van der Waals surface area contributed by atoms with Gasteiger partial charge in [0.2, 0.25) is 0 Å². The summed E-state index contributed by atoms with van der Waals surface area (Å²) in [6.07, 6.45) is 4.96. The van der Waals surface area contributed by atoms with Gasteiger partial charge in [0.1, 0.15) is 5.01 Å². The van der Waals surface area contributed by atoms with Gasteiger partial charge >= 0.3 is 0 Å². The highest BCUT2D eigenvalue weighted by Crippen LogP contribution is 2.32. The molecule has 0 bridgehead atoms. The smallest absolute Gasteiger partial charge is 0.115 e. The van der Waals surface area contributed by atoms with E-state index in [2.05, 4.69) is 12.2 Å². The number of nitrogens with one attached hydrogen (secondary N) is 1. The van der Waals surface area contributed by atoms with Crippen molar-refractivity contribution in [3.8, 4) is 0 Å². The van der Waals surface area contributed by atoms with Crippen molar-refractivity contribution in [3.05, 3.63) is 15.6 Å². The molecular weight excluding hydrogens is 220 g/mol. The van der Waals surface area contributed by atoms with Gasteiger partial charge < -0.3 is 10.1 Å². The number of hydrogen-bond donors (Lipinski definition) is 1. The van der Waals surface area contributed by atoms with E-state index in [1.807, 2.05) is 18.4 Å². The minimum atomic E-state index is -0.142. The Bertz CT molecular complexity index is 340. The molecule has 0 amide bonds. The molecule has 0 fully saturated rings. The topological polar surface area (TPSA) is 34.1 Å². The van der Waals surface area contributed by atoms with Crippen LogP contribution in [0.15, 0.2) is 0 Å². The fourth-order valence-electron chi connectivity index (χ4n) is 2.12. The van der Waals surface area contributed by atoms with Crippen LogP contribution in [0.1, 0.15) is 35.3 Å². The monoisotopic (exact) mass is 240 g/mol. The lowest BCUT2D eigenvalue weighted by molar-refractivity contribution is 0.123. The Morgan fingerprint density at radius 1 is 1.44 bits per heavy atom. The summed E-state index contributed by atoms with van der Waals surface area (Å²) in [4.78, 5) is 6.27. The maximum Gasteiger partial charge on any atom is 0.115 e. The average Bonchev–Trinajstić information content (AvgIpc) is 2.73. The van der Waals surface area contributed by atoms with Crippen LogP contribution in [0, 0.1) is 0 Å². The van der Waals surface area contributed by atoms with Gasteiger partial charge in [0, 0.05) is 12.0 Å². The molecule has 1 aliphatic rings. The summed E-state index contributed by atoms with van der Waals surface area (Å²) in [5.41, 5.74) is 1.18. The Labute approximate surface area is 101 Å². The third-order valence-corrected chi connectivity index (χ3v) is 4.72. The van der Waals surface area contributed by atoms with E-state index in [1.54, 1.807) is 7.11 Å². The van der Waals surface area contributed by atoms with Gasteiger partial charge in [-0.25, -0.2) is 4.98 Å². The Morgan fingerprint density at radius 2 is 2.19 bits per heavy atom. The molecule has 0 radical (unpaired) electrons. The molecule has 1 heterocycles. The maximum atomic E-state index is 5.29. The summed E-state index contributed by atoms with van der Waals surface area (Å²) in [5, 5.41) is 4.50. The van der Waals surface area contributed by atoms with Crippen molar-refractivity contribution >= 4 is 11.3 Å². The molecule has 1 unspecified atom stereocenters. The van der Waals surface area contributed by atoms with Gasteiger partial charge in [0.25, 0.3) is 0 Å². The highest BCUT2D eigenvalue weighted by Gasteiger charge is 2.30. The van der Waals surface area contributed by atoms with Crippen molar-refractivity contribution in [2.24, 2.45) is 0 Å². The summed E-state index contributed by atoms with van der Waals surface area (Å²) in [6.45, 7) is 2.82. The van der Waals surface area contributed by atoms with Crippen LogP contribution >= 0.6 is 11.3 Å². The summed E-state index contributed by atoms with van der Waals surface area (Å²) < 4.78 is 5.29. The van der Waals surface area contributed by atoms with Crippen molar-refractivity contribution < 1.29 is 4.74 Å². The van der Waals surface area contributed by atoms with Gasteiger partial charge in [-0.1, -0.05) is 0 Å². The first kappa shape index (κ1) is 12.0. The van der Waals surface area contributed by atoms with Crippen LogP contribution in [0.25, 0.3) is 0 Å². The number of aromatic nitrogens is 1. The fourth-order valence-corrected chi connectivity index (χ4v) is 3.40. The van der Waals surface area contributed by atoms with Crippen molar-refractivity contribution in [3.63, 3.8) is 0 Å². The SMILES string of the molecule is CNC(C)(COC)c1nc2c(s1)CCCC2. The Kier molecular flexibility index (Phi) is 3.62. The first-order valence-corrected chi connectivity index (χ1v) is 6.68. The zero-order valence-electron chi connectivity index (χ0n) is 10.3. The van der Waals surface area contributed by atoms with Crippen molar-refractivity contribution in [2.75, 3.05) is 20.8 Å². The Hall–Kier alpha value is -0.450. The highest BCUT2D eigenvalue weighted by atomic mass is 32.1. The van der Waals surface area contributed by atoms with Crippen LogP contribution in [-0.4, -0.2) is 25.7 Å². The number of methoxy groups -OCH3 is 1. The maximum absolute atomic E-state index is 5.29. The molecule has 1 N–H and O–H groups in total. The molecule has 90 valence electrons. The summed E-state index contributed by atoms with van der Waals surface area (Å²) >= 11 is 1.85. The molecule has 1 aliphatic carbocycles. The largest absolute Gasteiger partial charge is 0.382 e. The number of likely N-dealkylation sites (N-methyl/N-ethyl adjacent to an activating group) is 1. The minimum absolute atomic E-state index is 0.142. The number of nitrogens with zero attached hydrogens (tertiary/aromatic N) is 1. The molecule has 0 aromatic carbocycles. The molecule has 1 aromatic rings. The van der Waals surface area contributed by atoms with E-state index in [-0.39, 0.29) is 5.54 Å². The molecule has 0 spiro atoms. The number of hydrogen-bond acceptors (Lipinski definition) is 4. The molecule has 0 saturated carbocycles. The summed E-state index contributed by atoms with van der Waals surface area (Å²) in [7, 11) is 3.71. The minimum Gasteiger partial charge on any atom is -0.382 e. The van der Waals surface area contributed by atoms with E-state index in [4.69, 9.17) is 9.72 Å². The zero-order valence-corrected chi connectivity index (χ0v) is 11.1. The third kappa shape index (κ3) is 2.14. The van der Waals surface area contributed by atoms with Gasteiger partial charge in [-0.3, -0.25) is 0 Å². The summed E-state index contributed by atoms with van der Waals surface area (Å²) in [5.74, 6) is 0. The quantitative estimate of drug-likeness (QED) is 0.875. The van der Waals surface area contributed by atoms with E-state index >= 15 is 0 Å². The molecule has 2 rings (SSSR count). The first-order chi connectivity index (χ1) is 7.69. The van der Waals surface area contributed by atoms with E-state index < -0.39 is 0 Å². The van der Waals surface area contributed by atoms with Crippen molar-refractivity contribution in [2.45, 2.75) is 38.1 Å². The van der Waals surface area contributed by atoms with Crippen LogP contribution in [0.4, 0.5) is 0 Å². The molecule has 1 aromatic heterocycles. The number of aryl methyl sites for hydroxylation is 2. The van der Waals surface area contributed by atoms with E-state index in [0.717, 1.165) is 6.42 Å². The second-order valence-electron chi connectivity index (χ2n) is 4.61. The standard InChI is InChI=1S/C12H20N2OS/c1-12(13-2,8-15-3)11-14-9-6-4-5-7-10(9)16-11/h13H,4-8H2,1-3H3. The van der Waals surface area contributed by atoms with Crippen LogP contribution in [0.2, 0.25) is 0 Å². The predicted molar refractivity (Wildman–Crippen MR) is 67.0 cm³/mol. The number of rotatable bonds is 4. The van der Waals surface area contributed by atoms with E-state index in [9.17, 15) is 0 Å². The Balaban J connectivity index is 2.28. The number of thiazole rings is 1. The van der Waals surface area contributed by atoms with E-state index in [0.29, 0.717) is 6.61 Å². The zero-order chi connectivity index (χ0) is 11.6. The van der Waals surface area contributed by atoms with Gasteiger partial charge in [0.05, 0.1) is 17.8 Å².